The van der Waals surface area contributed by atoms with E-state index in [1.165, 1.54) is 65.7 Å². The normalized spacial score (nSPS) is 11.9. The van der Waals surface area contributed by atoms with Crippen molar-refractivity contribution in [3.63, 3.8) is 0 Å². The van der Waals surface area contributed by atoms with Gasteiger partial charge >= 0.3 is 0 Å². The Hall–Kier alpha value is -4.42. The summed E-state index contributed by atoms with van der Waals surface area (Å²) in [6.45, 7) is 4.26. The van der Waals surface area contributed by atoms with Crippen LogP contribution in [0, 0.1) is 13.8 Å². The Kier molecular flexibility index (Phi) is 5.71. The first-order valence-corrected chi connectivity index (χ1v) is 12.5. The third-order valence-corrected chi connectivity index (χ3v) is 6.90. The van der Waals surface area contributed by atoms with E-state index < -0.39 is 0 Å². The molecule has 0 amide bonds. The third kappa shape index (κ3) is 4.46. The fourth-order valence-corrected chi connectivity index (χ4v) is 5.06. The van der Waals surface area contributed by atoms with Crippen molar-refractivity contribution in [3.05, 3.63) is 143 Å². The number of benzene rings is 6. The second-order valence-corrected chi connectivity index (χ2v) is 9.68. The van der Waals surface area contributed by atoms with E-state index in [0.29, 0.717) is 0 Å². The van der Waals surface area contributed by atoms with Crippen molar-refractivity contribution in [1.29, 1.82) is 0 Å². The van der Waals surface area contributed by atoms with Crippen LogP contribution in [0.15, 0.2) is 109 Å². The van der Waals surface area contributed by atoms with Crippen molar-refractivity contribution < 1.29 is 0 Å². The molecule has 0 bridgehead atoms. The molecule has 0 radical (unpaired) electrons. The second-order valence-electron chi connectivity index (χ2n) is 9.68. The van der Waals surface area contributed by atoms with E-state index in [1.807, 2.05) is 0 Å². The predicted molar refractivity (Wildman–Crippen MR) is 159 cm³/mol. The van der Waals surface area contributed by atoms with E-state index in [-0.39, 0.29) is 0 Å². The van der Waals surface area contributed by atoms with Gasteiger partial charge in [-0.3, -0.25) is 0 Å². The summed E-state index contributed by atoms with van der Waals surface area (Å²) in [7, 11) is 0. The Labute approximate surface area is 212 Å². The molecule has 36 heavy (non-hydrogen) atoms. The topological polar surface area (TPSA) is 0 Å². The van der Waals surface area contributed by atoms with Gasteiger partial charge in [0.2, 0.25) is 0 Å². The highest BCUT2D eigenvalue weighted by atomic mass is 14.1. The fraction of sp³-hybridized carbons (Fsp3) is 0.0556. The summed E-state index contributed by atoms with van der Waals surface area (Å²) in [6, 6.07) is 39.8. The van der Waals surface area contributed by atoms with Gasteiger partial charge in [0.15, 0.2) is 0 Å². The molecule has 0 nitrogen and oxygen atoms in total. The number of rotatable bonds is 4. The molecule has 0 aliphatic carbocycles. The molecule has 0 aliphatic heterocycles. The molecule has 6 aromatic carbocycles. The quantitative estimate of drug-likeness (QED) is 0.181. The van der Waals surface area contributed by atoms with Crippen molar-refractivity contribution >= 4 is 56.6 Å². The number of fused-ring (bicyclic) bond motifs is 5. The van der Waals surface area contributed by atoms with Crippen molar-refractivity contribution in [2.75, 3.05) is 0 Å². The van der Waals surface area contributed by atoms with E-state index in [9.17, 15) is 0 Å². The smallest absolute Gasteiger partial charge is 0.00990 e. The van der Waals surface area contributed by atoms with Crippen LogP contribution in [-0.4, -0.2) is 0 Å². The van der Waals surface area contributed by atoms with Gasteiger partial charge in [0, 0.05) is 0 Å². The molecule has 0 heterocycles. The monoisotopic (exact) mass is 460 g/mol. The van der Waals surface area contributed by atoms with Crippen LogP contribution in [0.25, 0.3) is 56.6 Å². The molecule has 0 aromatic heterocycles. The minimum atomic E-state index is 1.22. The van der Waals surface area contributed by atoms with Crippen molar-refractivity contribution in [3.8, 4) is 0 Å². The summed E-state index contributed by atoms with van der Waals surface area (Å²) in [5.74, 6) is 0. The molecule has 0 aliphatic rings. The van der Waals surface area contributed by atoms with Gasteiger partial charge in [0.1, 0.15) is 0 Å². The molecule has 0 spiro atoms. The Morgan fingerprint density at radius 1 is 0.361 bits per heavy atom. The zero-order valence-electron chi connectivity index (χ0n) is 20.7. The molecular formula is C36H28. The van der Waals surface area contributed by atoms with Gasteiger partial charge < -0.3 is 0 Å². The van der Waals surface area contributed by atoms with E-state index in [0.717, 1.165) is 0 Å². The lowest BCUT2D eigenvalue weighted by molar-refractivity contribution is 1.46. The maximum absolute atomic E-state index is 2.28. The van der Waals surface area contributed by atoms with E-state index in [4.69, 9.17) is 0 Å². The Balaban J connectivity index is 1.34. The van der Waals surface area contributed by atoms with Crippen LogP contribution in [0.1, 0.15) is 33.4 Å². The first kappa shape index (κ1) is 22.1. The van der Waals surface area contributed by atoms with Gasteiger partial charge in [-0.2, -0.15) is 0 Å². The van der Waals surface area contributed by atoms with Crippen molar-refractivity contribution in [1.82, 2.24) is 0 Å². The lowest BCUT2D eigenvalue weighted by Gasteiger charge is -2.09. The minimum absolute atomic E-state index is 1.22. The molecular weight excluding hydrogens is 432 g/mol. The van der Waals surface area contributed by atoms with Crippen LogP contribution < -0.4 is 0 Å². The van der Waals surface area contributed by atoms with Gasteiger partial charge in [-0.05, 0) is 80.6 Å². The van der Waals surface area contributed by atoms with Crippen LogP contribution in [0.3, 0.4) is 0 Å². The second kappa shape index (κ2) is 9.32. The lowest BCUT2D eigenvalue weighted by Crippen LogP contribution is -1.83. The molecule has 6 rings (SSSR count). The van der Waals surface area contributed by atoms with E-state index >= 15 is 0 Å². The van der Waals surface area contributed by atoms with Crippen LogP contribution in [-0.2, 0) is 0 Å². The molecule has 0 atom stereocenters. The SMILES string of the molecule is Cc1cccc(/C=C/c2ccc3c(ccc4c5ccc(/C=C/c6cccc(C)c6)cc5ccc34)c2)c1. The molecule has 172 valence electrons. The molecule has 0 saturated carbocycles. The summed E-state index contributed by atoms with van der Waals surface area (Å²) in [4.78, 5) is 0. The van der Waals surface area contributed by atoms with Crippen LogP contribution in [0.4, 0.5) is 0 Å². The maximum atomic E-state index is 2.28. The maximum Gasteiger partial charge on any atom is -0.00990 e. The average molecular weight is 461 g/mol. The summed E-state index contributed by atoms with van der Waals surface area (Å²) in [5.41, 5.74) is 7.46. The fourth-order valence-electron chi connectivity index (χ4n) is 5.06. The molecule has 0 heteroatoms. The zero-order valence-corrected chi connectivity index (χ0v) is 20.7. The highest BCUT2D eigenvalue weighted by Gasteiger charge is 2.06. The average Bonchev–Trinajstić information content (AvgIpc) is 2.90. The first-order chi connectivity index (χ1) is 17.6. The van der Waals surface area contributed by atoms with Gasteiger partial charge in [-0.1, -0.05) is 132 Å². The van der Waals surface area contributed by atoms with Crippen molar-refractivity contribution in [2.24, 2.45) is 0 Å². The van der Waals surface area contributed by atoms with Gasteiger partial charge in [0.05, 0.1) is 0 Å². The van der Waals surface area contributed by atoms with Crippen LogP contribution in [0.2, 0.25) is 0 Å². The highest BCUT2D eigenvalue weighted by molar-refractivity contribution is 6.17. The molecule has 0 fully saturated rings. The lowest BCUT2D eigenvalue weighted by atomic mass is 9.95. The van der Waals surface area contributed by atoms with Crippen molar-refractivity contribution in [2.45, 2.75) is 13.8 Å². The summed E-state index contributed by atoms with van der Waals surface area (Å²) < 4.78 is 0. The Morgan fingerprint density at radius 3 is 1.17 bits per heavy atom. The summed E-state index contributed by atoms with van der Waals surface area (Å²) >= 11 is 0. The largest absolute Gasteiger partial charge is 0.0614 e. The van der Waals surface area contributed by atoms with Crippen LogP contribution >= 0.6 is 0 Å². The molecule has 0 N–H and O–H groups in total. The number of aryl methyl sites for hydroxylation is 2. The molecule has 0 unspecified atom stereocenters. The summed E-state index contributed by atoms with van der Waals surface area (Å²) in [5, 5.41) is 7.74. The van der Waals surface area contributed by atoms with E-state index in [2.05, 4.69) is 147 Å². The minimum Gasteiger partial charge on any atom is -0.0614 e. The van der Waals surface area contributed by atoms with E-state index in [1.54, 1.807) is 0 Å². The predicted octanol–water partition coefficient (Wildman–Crippen LogP) is 10.1. The molecule has 6 aromatic rings. The Morgan fingerprint density at radius 2 is 0.750 bits per heavy atom. The Bertz CT molecular complexity index is 1660. The first-order valence-electron chi connectivity index (χ1n) is 12.5. The number of hydrogen-bond acceptors (Lipinski definition) is 0. The molecule has 0 saturated heterocycles. The third-order valence-electron chi connectivity index (χ3n) is 6.90. The standard InChI is InChI=1S/C36H28/c1-25-5-3-7-27(21-25)9-11-29-13-17-33-31(23-29)15-19-36-34-18-14-30(24-32(34)16-20-35(33)36)12-10-28-8-4-6-26(2)22-28/h3-24H,1-2H3/b11-9+,12-10+. The zero-order chi connectivity index (χ0) is 24.5. The summed E-state index contributed by atoms with van der Waals surface area (Å²) in [6.07, 6.45) is 8.77. The van der Waals surface area contributed by atoms with Gasteiger partial charge in [0.25, 0.3) is 0 Å². The van der Waals surface area contributed by atoms with Gasteiger partial charge in [-0.25, -0.2) is 0 Å². The number of hydrogen-bond donors (Lipinski definition) is 0. The van der Waals surface area contributed by atoms with Crippen LogP contribution in [0.5, 0.6) is 0 Å². The van der Waals surface area contributed by atoms with Gasteiger partial charge in [-0.15, -0.1) is 0 Å². The highest BCUT2D eigenvalue weighted by Crippen LogP contribution is 2.32.